The van der Waals surface area contributed by atoms with E-state index in [1.165, 1.54) is 0 Å². The van der Waals surface area contributed by atoms with Crippen LogP contribution in [0, 0.1) is 5.92 Å². The zero-order valence-corrected chi connectivity index (χ0v) is 20.3. The van der Waals surface area contributed by atoms with E-state index in [-0.39, 0.29) is 32.2 Å². The number of benzene rings is 2. The standard InChI is InChI=1S/C25H36NO6P/c1-20(2)10-9-17-33(29,30)23(26-25(28)32-19-22-13-7-4-8-14-22)15-16-24(27)31-18-21-11-5-3-6-12-21/h3-8,11-14,20,23-24,27H,9-10,15-19H2,1-2H3,(H,26,28)(H,29,30). The van der Waals surface area contributed by atoms with Gasteiger partial charge in [-0.1, -0.05) is 80.9 Å². The molecule has 0 fully saturated rings. The molecule has 3 N–H and O–H groups in total. The number of amides is 1. The third-order valence-electron chi connectivity index (χ3n) is 5.22. The van der Waals surface area contributed by atoms with Gasteiger partial charge in [-0.2, -0.15) is 0 Å². The van der Waals surface area contributed by atoms with Crippen molar-refractivity contribution >= 4 is 13.5 Å². The smallest absolute Gasteiger partial charge is 0.408 e. The quantitative estimate of drug-likeness (QED) is 0.253. The van der Waals surface area contributed by atoms with Crippen LogP contribution in [0.5, 0.6) is 0 Å². The van der Waals surface area contributed by atoms with Gasteiger partial charge in [0.25, 0.3) is 0 Å². The lowest BCUT2D eigenvalue weighted by Crippen LogP contribution is -2.36. The Balaban J connectivity index is 1.92. The van der Waals surface area contributed by atoms with Crippen LogP contribution in [0.15, 0.2) is 60.7 Å². The monoisotopic (exact) mass is 477 g/mol. The lowest BCUT2D eigenvalue weighted by Gasteiger charge is -2.25. The molecule has 2 rings (SSSR count). The summed E-state index contributed by atoms with van der Waals surface area (Å²) in [5.74, 6) is -0.608. The summed E-state index contributed by atoms with van der Waals surface area (Å²) < 4.78 is 23.7. The van der Waals surface area contributed by atoms with E-state index in [9.17, 15) is 19.4 Å². The second kappa shape index (κ2) is 14.2. The van der Waals surface area contributed by atoms with Gasteiger partial charge in [-0.3, -0.25) is 4.57 Å². The number of alkyl carbamates (subject to hydrolysis) is 1. The molecule has 8 heteroatoms. The Hall–Kier alpha value is -2.18. The molecule has 0 saturated heterocycles. The van der Waals surface area contributed by atoms with Gasteiger partial charge in [-0.15, -0.1) is 0 Å². The maximum Gasteiger partial charge on any atom is 0.408 e. The maximum atomic E-state index is 13.1. The highest BCUT2D eigenvalue weighted by molar-refractivity contribution is 7.58. The molecule has 2 aromatic carbocycles. The van der Waals surface area contributed by atoms with Crippen molar-refractivity contribution in [2.45, 2.75) is 64.8 Å². The third kappa shape index (κ3) is 11.0. The van der Waals surface area contributed by atoms with Gasteiger partial charge in [0, 0.05) is 12.6 Å². The fourth-order valence-corrected chi connectivity index (χ4v) is 5.11. The van der Waals surface area contributed by atoms with Crippen LogP contribution in [0.1, 0.15) is 50.7 Å². The lowest BCUT2D eigenvalue weighted by atomic mass is 10.1. The topological polar surface area (TPSA) is 105 Å². The van der Waals surface area contributed by atoms with E-state index in [1.807, 2.05) is 60.7 Å². The average molecular weight is 478 g/mol. The number of rotatable bonds is 14. The minimum atomic E-state index is -3.72. The Morgan fingerprint density at radius 1 is 0.939 bits per heavy atom. The Bertz CT molecular complexity index is 862. The molecule has 182 valence electrons. The molecule has 3 unspecified atom stereocenters. The number of carbonyl (C=O) groups is 1. The fourth-order valence-electron chi connectivity index (χ4n) is 3.31. The van der Waals surface area contributed by atoms with E-state index in [1.54, 1.807) is 0 Å². The number of aliphatic hydroxyl groups excluding tert-OH is 1. The van der Waals surface area contributed by atoms with Gasteiger partial charge in [0.1, 0.15) is 12.4 Å². The summed E-state index contributed by atoms with van der Waals surface area (Å²) in [6, 6.07) is 18.6. The van der Waals surface area contributed by atoms with Crippen LogP contribution in [-0.4, -0.2) is 34.3 Å². The molecule has 0 aliphatic carbocycles. The molecule has 0 aromatic heterocycles. The van der Waals surface area contributed by atoms with Crippen LogP contribution in [0.2, 0.25) is 0 Å². The number of aliphatic hydroxyl groups is 1. The molecule has 0 heterocycles. The SMILES string of the molecule is CC(C)CCCP(=O)(O)C(CCC(O)OCc1ccccc1)NC(=O)OCc1ccccc1. The minimum Gasteiger partial charge on any atom is -0.445 e. The van der Waals surface area contributed by atoms with E-state index in [4.69, 9.17) is 9.47 Å². The predicted molar refractivity (Wildman–Crippen MR) is 129 cm³/mol. The van der Waals surface area contributed by atoms with Gasteiger partial charge in [-0.05, 0) is 29.9 Å². The number of carbonyl (C=O) groups excluding carboxylic acids is 1. The van der Waals surface area contributed by atoms with Crippen LogP contribution in [0.25, 0.3) is 0 Å². The van der Waals surface area contributed by atoms with E-state index < -0.39 is 25.5 Å². The van der Waals surface area contributed by atoms with Crippen molar-refractivity contribution in [1.82, 2.24) is 5.32 Å². The molecule has 0 bridgehead atoms. The first kappa shape index (κ1) is 27.1. The van der Waals surface area contributed by atoms with Gasteiger partial charge in [0.05, 0.1) is 6.61 Å². The van der Waals surface area contributed by atoms with Gasteiger partial charge < -0.3 is 24.8 Å². The highest BCUT2D eigenvalue weighted by atomic mass is 31.2. The summed E-state index contributed by atoms with van der Waals surface area (Å²) in [5, 5.41) is 12.8. The molecule has 0 saturated carbocycles. The first-order valence-corrected chi connectivity index (χ1v) is 13.3. The molecule has 0 aliphatic rings. The normalized spacial score (nSPS) is 14.9. The van der Waals surface area contributed by atoms with Crippen molar-refractivity contribution in [3.63, 3.8) is 0 Å². The van der Waals surface area contributed by atoms with Gasteiger partial charge in [0.2, 0.25) is 7.37 Å². The summed E-state index contributed by atoms with van der Waals surface area (Å²) in [4.78, 5) is 23.1. The molecule has 0 radical (unpaired) electrons. The second-order valence-electron chi connectivity index (χ2n) is 8.57. The molecule has 3 atom stereocenters. The summed E-state index contributed by atoms with van der Waals surface area (Å²) in [7, 11) is -3.72. The Morgan fingerprint density at radius 2 is 1.52 bits per heavy atom. The van der Waals surface area contributed by atoms with Crippen molar-refractivity contribution in [1.29, 1.82) is 0 Å². The third-order valence-corrected chi connectivity index (χ3v) is 7.53. The van der Waals surface area contributed by atoms with Crippen molar-refractivity contribution in [3.05, 3.63) is 71.8 Å². The molecule has 33 heavy (non-hydrogen) atoms. The molecule has 7 nitrogen and oxygen atoms in total. The predicted octanol–water partition coefficient (Wildman–Crippen LogP) is 5.26. The molecular weight excluding hydrogens is 441 g/mol. The molecule has 0 aliphatic heterocycles. The van der Waals surface area contributed by atoms with E-state index in [0.717, 1.165) is 17.5 Å². The van der Waals surface area contributed by atoms with Crippen molar-refractivity contribution in [2.75, 3.05) is 6.16 Å². The van der Waals surface area contributed by atoms with Crippen LogP contribution in [-0.2, 0) is 27.3 Å². The van der Waals surface area contributed by atoms with Crippen molar-refractivity contribution < 1.29 is 28.8 Å². The number of nitrogens with one attached hydrogen (secondary N) is 1. The molecular formula is C25H36NO6P. The van der Waals surface area contributed by atoms with Gasteiger partial charge in [-0.25, -0.2) is 4.79 Å². The molecule has 0 spiro atoms. The maximum absolute atomic E-state index is 13.1. The van der Waals surface area contributed by atoms with E-state index in [0.29, 0.717) is 12.3 Å². The summed E-state index contributed by atoms with van der Waals surface area (Å²) >= 11 is 0. The van der Waals surface area contributed by atoms with E-state index >= 15 is 0 Å². The highest BCUT2D eigenvalue weighted by Crippen LogP contribution is 2.48. The number of hydrogen-bond acceptors (Lipinski definition) is 5. The van der Waals surface area contributed by atoms with Gasteiger partial charge in [0.15, 0.2) is 6.29 Å². The largest absolute Gasteiger partial charge is 0.445 e. The van der Waals surface area contributed by atoms with Gasteiger partial charge >= 0.3 is 6.09 Å². The van der Waals surface area contributed by atoms with Crippen molar-refractivity contribution in [3.8, 4) is 0 Å². The summed E-state index contributed by atoms with van der Waals surface area (Å²) in [5.41, 5.74) is 1.73. The first-order chi connectivity index (χ1) is 15.8. The number of ether oxygens (including phenoxy) is 2. The van der Waals surface area contributed by atoms with Crippen LogP contribution in [0.4, 0.5) is 4.79 Å². The summed E-state index contributed by atoms with van der Waals surface area (Å²) in [6.45, 7) is 4.40. The lowest BCUT2D eigenvalue weighted by molar-refractivity contribution is -0.112. The second-order valence-corrected chi connectivity index (χ2v) is 11.1. The summed E-state index contributed by atoms with van der Waals surface area (Å²) in [6.07, 6.45) is -0.201. The zero-order chi connectivity index (χ0) is 24.1. The first-order valence-electron chi connectivity index (χ1n) is 11.4. The van der Waals surface area contributed by atoms with Crippen LogP contribution < -0.4 is 5.32 Å². The number of hydrogen-bond donors (Lipinski definition) is 3. The highest BCUT2D eigenvalue weighted by Gasteiger charge is 2.32. The van der Waals surface area contributed by atoms with E-state index in [2.05, 4.69) is 19.2 Å². The Kier molecular flexibility index (Phi) is 11.6. The Morgan fingerprint density at radius 3 is 2.09 bits per heavy atom. The molecule has 2 aromatic rings. The fraction of sp³-hybridized carbons (Fsp3) is 0.480. The molecule has 1 amide bonds. The van der Waals surface area contributed by atoms with Crippen LogP contribution in [0.3, 0.4) is 0 Å². The average Bonchev–Trinajstić information content (AvgIpc) is 2.80. The Labute approximate surface area is 196 Å². The minimum absolute atomic E-state index is 0.0608. The van der Waals surface area contributed by atoms with Crippen LogP contribution >= 0.6 is 7.37 Å². The van der Waals surface area contributed by atoms with Crippen molar-refractivity contribution in [2.24, 2.45) is 5.92 Å². The zero-order valence-electron chi connectivity index (χ0n) is 19.4.